The molecule has 2 atom stereocenters. The number of carbonyl (C=O) groups is 1. The van der Waals surface area contributed by atoms with Crippen LogP contribution >= 0.6 is 23.1 Å². The number of esters is 1. The molecule has 5 rings (SSSR count). The SMILES string of the molecule is CCOC(=O)C1CC1Sc1ccc(-c2ccc(C3CC3)c3ccccc23)s1. The number of rotatable bonds is 6. The molecule has 4 heteroatoms. The van der Waals surface area contributed by atoms with Crippen LogP contribution in [0.5, 0.6) is 0 Å². The van der Waals surface area contributed by atoms with Crippen LogP contribution in [0.2, 0.25) is 0 Å². The van der Waals surface area contributed by atoms with Gasteiger partial charge in [-0.1, -0.05) is 36.4 Å². The van der Waals surface area contributed by atoms with E-state index in [-0.39, 0.29) is 11.9 Å². The Balaban J connectivity index is 1.39. The molecule has 2 saturated carbocycles. The predicted octanol–water partition coefficient (Wildman–Crippen LogP) is 6.49. The molecule has 1 aromatic heterocycles. The summed E-state index contributed by atoms with van der Waals surface area (Å²) in [7, 11) is 0. The van der Waals surface area contributed by atoms with Gasteiger partial charge in [-0.05, 0) is 66.1 Å². The van der Waals surface area contributed by atoms with Gasteiger partial charge in [-0.15, -0.1) is 23.1 Å². The Bertz CT molecular complexity index is 1000. The van der Waals surface area contributed by atoms with Crippen LogP contribution in [-0.2, 0) is 9.53 Å². The Kier molecular flexibility index (Phi) is 4.49. The molecule has 0 aliphatic heterocycles. The van der Waals surface area contributed by atoms with Crippen LogP contribution in [0.4, 0.5) is 0 Å². The molecule has 0 saturated heterocycles. The summed E-state index contributed by atoms with van der Waals surface area (Å²) in [5.74, 6) is 0.806. The number of thioether (sulfide) groups is 1. The lowest BCUT2D eigenvalue weighted by Gasteiger charge is -2.09. The fourth-order valence-corrected chi connectivity index (χ4v) is 6.40. The fraction of sp³-hybridized carbons (Fsp3) is 0.348. The second kappa shape index (κ2) is 6.99. The van der Waals surface area contributed by atoms with Gasteiger partial charge in [0.1, 0.15) is 0 Å². The van der Waals surface area contributed by atoms with Crippen molar-refractivity contribution in [2.45, 2.75) is 41.6 Å². The zero-order chi connectivity index (χ0) is 18.4. The van der Waals surface area contributed by atoms with E-state index in [2.05, 4.69) is 48.5 Å². The summed E-state index contributed by atoms with van der Waals surface area (Å²) in [6.07, 6.45) is 3.59. The van der Waals surface area contributed by atoms with Crippen LogP contribution in [0, 0.1) is 5.92 Å². The second-order valence-corrected chi connectivity index (χ2v) is 10.0. The van der Waals surface area contributed by atoms with Crippen LogP contribution in [0.25, 0.3) is 21.2 Å². The highest BCUT2D eigenvalue weighted by Gasteiger charge is 2.45. The van der Waals surface area contributed by atoms with Gasteiger partial charge in [0.25, 0.3) is 0 Å². The average Bonchev–Trinajstić information content (AvgIpc) is 3.60. The zero-order valence-corrected chi connectivity index (χ0v) is 16.9. The first-order valence-corrected chi connectivity index (χ1v) is 11.4. The fourth-order valence-electron chi connectivity index (χ4n) is 3.76. The molecule has 2 unspecified atom stereocenters. The highest BCUT2D eigenvalue weighted by atomic mass is 32.2. The first kappa shape index (κ1) is 17.3. The molecule has 2 aliphatic rings. The monoisotopic (exact) mass is 394 g/mol. The molecular weight excluding hydrogens is 372 g/mol. The Morgan fingerprint density at radius 3 is 2.70 bits per heavy atom. The summed E-state index contributed by atoms with van der Waals surface area (Å²) in [4.78, 5) is 13.1. The van der Waals surface area contributed by atoms with Crippen molar-refractivity contribution in [3.05, 3.63) is 54.1 Å². The minimum Gasteiger partial charge on any atom is -0.466 e. The third-order valence-electron chi connectivity index (χ3n) is 5.41. The maximum Gasteiger partial charge on any atom is 0.310 e. The van der Waals surface area contributed by atoms with E-state index >= 15 is 0 Å². The summed E-state index contributed by atoms with van der Waals surface area (Å²) in [5, 5.41) is 3.14. The van der Waals surface area contributed by atoms with Crippen molar-refractivity contribution < 1.29 is 9.53 Å². The molecular formula is C23H22O2S2. The Labute approximate surface area is 167 Å². The van der Waals surface area contributed by atoms with Gasteiger partial charge in [-0.25, -0.2) is 0 Å². The first-order valence-electron chi connectivity index (χ1n) is 9.69. The van der Waals surface area contributed by atoms with E-state index < -0.39 is 0 Å². The smallest absolute Gasteiger partial charge is 0.310 e. The highest BCUT2D eigenvalue weighted by molar-refractivity contribution is 8.02. The number of thiophene rings is 1. The lowest BCUT2D eigenvalue weighted by molar-refractivity contribution is -0.144. The molecule has 0 amide bonds. The van der Waals surface area contributed by atoms with Gasteiger partial charge in [0.2, 0.25) is 0 Å². The quantitative estimate of drug-likeness (QED) is 0.447. The van der Waals surface area contributed by atoms with Gasteiger partial charge >= 0.3 is 5.97 Å². The normalized spacial score (nSPS) is 21.4. The molecule has 2 fully saturated rings. The minimum absolute atomic E-state index is 0.0339. The van der Waals surface area contributed by atoms with Crippen molar-refractivity contribution in [1.82, 2.24) is 0 Å². The predicted molar refractivity (Wildman–Crippen MR) is 114 cm³/mol. The molecule has 1 heterocycles. The third kappa shape index (κ3) is 3.41. The summed E-state index contributed by atoms with van der Waals surface area (Å²) in [5.41, 5.74) is 2.83. The van der Waals surface area contributed by atoms with Crippen molar-refractivity contribution in [3.63, 3.8) is 0 Å². The van der Waals surface area contributed by atoms with Crippen molar-refractivity contribution in [1.29, 1.82) is 0 Å². The maximum absolute atomic E-state index is 11.8. The van der Waals surface area contributed by atoms with Gasteiger partial charge in [0.15, 0.2) is 0 Å². The summed E-state index contributed by atoms with van der Waals surface area (Å²) < 4.78 is 6.43. The molecule has 0 spiro atoms. The Hall–Kier alpha value is -1.78. The van der Waals surface area contributed by atoms with Crippen molar-refractivity contribution in [3.8, 4) is 10.4 Å². The zero-order valence-electron chi connectivity index (χ0n) is 15.3. The van der Waals surface area contributed by atoms with Crippen LogP contribution < -0.4 is 0 Å². The summed E-state index contributed by atoms with van der Waals surface area (Å²) >= 11 is 3.67. The van der Waals surface area contributed by atoms with Crippen molar-refractivity contribution in [2.75, 3.05) is 6.61 Å². The maximum atomic E-state index is 11.8. The number of hydrogen-bond acceptors (Lipinski definition) is 4. The largest absolute Gasteiger partial charge is 0.466 e. The average molecular weight is 395 g/mol. The van der Waals surface area contributed by atoms with E-state index in [0.717, 1.165) is 12.3 Å². The molecule has 0 N–H and O–H groups in total. The van der Waals surface area contributed by atoms with Crippen LogP contribution in [0.3, 0.4) is 0 Å². The number of ether oxygens (including phenoxy) is 1. The van der Waals surface area contributed by atoms with Gasteiger partial charge in [-0.2, -0.15) is 0 Å². The van der Waals surface area contributed by atoms with E-state index in [1.807, 2.05) is 30.0 Å². The van der Waals surface area contributed by atoms with E-state index in [1.165, 1.54) is 43.8 Å². The van der Waals surface area contributed by atoms with Gasteiger partial charge in [0, 0.05) is 10.1 Å². The Morgan fingerprint density at radius 2 is 1.93 bits per heavy atom. The lowest BCUT2D eigenvalue weighted by Crippen LogP contribution is -2.07. The van der Waals surface area contributed by atoms with Crippen molar-refractivity contribution >= 4 is 39.8 Å². The van der Waals surface area contributed by atoms with Crippen LogP contribution in [0.1, 0.15) is 37.7 Å². The van der Waals surface area contributed by atoms with Gasteiger partial charge in [-0.3, -0.25) is 4.79 Å². The molecule has 3 aromatic rings. The lowest BCUT2D eigenvalue weighted by atomic mass is 9.96. The number of carbonyl (C=O) groups excluding carboxylic acids is 1. The highest BCUT2D eigenvalue weighted by Crippen LogP contribution is 2.49. The van der Waals surface area contributed by atoms with E-state index in [1.54, 1.807) is 0 Å². The molecule has 138 valence electrons. The number of fused-ring (bicyclic) bond motifs is 1. The third-order valence-corrected chi connectivity index (χ3v) is 8.05. The molecule has 0 bridgehead atoms. The summed E-state index contributed by atoms with van der Waals surface area (Å²) in [6, 6.07) is 17.9. The minimum atomic E-state index is -0.0339. The standard InChI is InChI=1S/C23H22O2S2/c1-2-25-23(24)19-13-21(19)27-22-12-11-20(26-22)18-10-9-15(14-7-8-14)16-5-3-4-6-17(16)18/h3-6,9-12,14,19,21H,2,7-8,13H2,1H3. The van der Waals surface area contributed by atoms with Crippen LogP contribution in [0.15, 0.2) is 52.7 Å². The molecule has 2 aliphatic carbocycles. The van der Waals surface area contributed by atoms with Crippen molar-refractivity contribution in [2.24, 2.45) is 5.92 Å². The first-order chi connectivity index (χ1) is 13.2. The number of benzene rings is 2. The van der Waals surface area contributed by atoms with Gasteiger partial charge in [0.05, 0.1) is 16.7 Å². The molecule has 2 nitrogen and oxygen atoms in total. The molecule has 2 aromatic carbocycles. The van der Waals surface area contributed by atoms with E-state index in [0.29, 0.717) is 11.9 Å². The molecule has 0 radical (unpaired) electrons. The topological polar surface area (TPSA) is 26.3 Å². The Morgan fingerprint density at radius 1 is 1.11 bits per heavy atom. The summed E-state index contributed by atoms with van der Waals surface area (Å²) in [6.45, 7) is 2.34. The molecule has 27 heavy (non-hydrogen) atoms. The van der Waals surface area contributed by atoms with E-state index in [4.69, 9.17) is 4.74 Å². The second-order valence-electron chi connectivity index (χ2n) is 7.39. The van der Waals surface area contributed by atoms with Gasteiger partial charge < -0.3 is 4.74 Å². The van der Waals surface area contributed by atoms with Crippen LogP contribution in [-0.4, -0.2) is 17.8 Å². The number of hydrogen-bond donors (Lipinski definition) is 0. The van der Waals surface area contributed by atoms with E-state index in [9.17, 15) is 4.79 Å².